The number of aromatic nitrogens is 2. The number of pyridine rings is 2. The van der Waals surface area contributed by atoms with Crippen molar-refractivity contribution in [3.8, 4) is 11.8 Å². The van der Waals surface area contributed by atoms with Crippen LogP contribution in [0.4, 0.5) is 4.39 Å². The van der Waals surface area contributed by atoms with Gasteiger partial charge in [0.1, 0.15) is 17.3 Å². The number of carbonyl (C=O) groups is 1. The summed E-state index contributed by atoms with van der Waals surface area (Å²) in [5, 5.41) is 0.951. The van der Waals surface area contributed by atoms with Gasteiger partial charge in [-0.15, -0.1) is 0 Å². The normalized spacial score (nSPS) is 24.8. The molecule has 2 saturated carbocycles. The molecule has 0 spiro atoms. The van der Waals surface area contributed by atoms with Crippen LogP contribution in [0.25, 0.3) is 10.9 Å². The molecular formula is C29H29FN2O. The van der Waals surface area contributed by atoms with Crippen molar-refractivity contribution in [1.29, 1.82) is 0 Å². The molecule has 2 aliphatic rings. The number of benzene rings is 1. The van der Waals surface area contributed by atoms with Crippen molar-refractivity contribution in [2.75, 3.05) is 0 Å². The van der Waals surface area contributed by atoms with Gasteiger partial charge in [-0.05, 0) is 104 Å². The molecular weight excluding hydrogens is 411 g/mol. The highest BCUT2D eigenvalue weighted by Gasteiger charge is 2.44. The fourth-order valence-corrected chi connectivity index (χ4v) is 6.18. The van der Waals surface area contributed by atoms with Gasteiger partial charge in [-0.25, -0.2) is 9.37 Å². The average molecular weight is 441 g/mol. The van der Waals surface area contributed by atoms with Gasteiger partial charge < -0.3 is 0 Å². The molecule has 2 aromatic heterocycles. The first-order valence-electron chi connectivity index (χ1n) is 12.0. The molecule has 0 aliphatic heterocycles. The van der Waals surface area contributed by atoms with Crippen LogP contribution in [0.15, 0.2) is 48.8 Å². The van der Waals surface area contributed by atoms with E-state index in [-0.39, 0.29) is 11.7 Å². The molecule has 1 aromatic carbocycles. The van der Waals surface area contributed by atoms with E-state index in [9.17, 15) is 9.18 Å². The van der Waals surface area contributed by atoms with E-state index in [2.05, 4.69) is 34.8 Å². The van der Waals surface area contributed by atoms with Gasteiger partial charge in [0.25, 0.3) is 0 Å². The number of carbonyl (C=O) groups excluding carboxylic acids is 1. The van der Waals surface area contributed by atoms with Gasteiger partial charge in [0.15, 0.2) is 0 Å². The van der Waals surface area contributed by atoms with Crippen LogP contribution in [0.1, 0.15) is 62.3 Å². The SMILES string of the molecule is CC#Cc1ccc(CC(=O)C(C)C2C[C@H]3CC(c4ccnc5ccc(F)cc45)C[C@H]3C2)cn1. The highest BCUT2D eigenvalue weighted by Crippen LogP contribution is 2.54. The van der Waals surface area contributed by atoms with Crippen LogP contribution >= 0.6 is 0 Å². The maximum Gasteiger partial charge on any atom is 0.140 e. The molecule has 0 amide bonds. The van der Waals surface area contributed by atoms with Gasteiger partial charge in [0.05, 0.1) is 5.52 Å². The van der Waals surface area contributed by atoms with E-state index >= 15 is 0 Å². The number of rotatable bonds is 5. The lowest BCUT2D eigenvalue weighted by Gasteiger charge is -2.21. The summed E-state index contributed by atoms with van der Waals surface area (Å²) in [6, 6.07) is 10.8. The lowest BCUT2D eigenvalue weighted by molar-refractivity contribution is -0.123. The molecule has 0 N–H and O–H groups in total. The maximum absolute atomic E-state index is 13.9. The first-order chi connectivity index (χ1) is 16.0. The van der Waals surface area contributed by atoms with Gasteiger partial charge in [-0.1, -0.05) is 18.9 Å². The third kappa shape index (κ3) is 4.42. The van der Waals surface area contributed by atoms with Crippen molar-refractivity contribution in [3.05, 3.63) is 71.4 Å². The minimum absolute atomic E-state index is 0.0695. The highest BCUT2D eigenvalue weighted by molar-refractivity contribution is 5.83. The van der Waals surface area contributed by atoms with Crippen LogP contribution < -0.4 is 0 Å². The molecule has 168 valence electrons. The number of nitrogens with zero attached hydrogens (tertiary/aromatic N) is 2. The summed E-state index contributed by atoms with van der Waals surface area (Å²) in [4.78, 5) is 21.7. The number of hydrogen-bond donors (Lipinski definition) is 0. The minimum Gasteiger partial charge on any atom is -0.299 e. The Labute approximate surface area is 194 Å². The van der Waals surface area contributed by atoms with Crippen molar-refractivity contribution in [1.82, 2.24) is 9.97 Å². The zero-order chi connectivity index (χ0) is 22.9. The molecule has 2 heterocycles. The molecule has 5 atom stereocenters. The zero-order valence-corrected chi connectivity index (χ0v) is 19.2. The third-order valence-corrected chi connectivity index (χ3v) is 7.90. The summed E-state index contributed by atoms with van der Waals surface area (Å²) in [5.74, 6) is 8.17. The van der Waals surface area contributed by atoms with E-state index in [4.69, 9.17) is 0 Å². The van der Waals surface area contributed by atoms with Crippen molar-refractivity contribution in [3.63, 3.8) is 0 Å². The third-order valence-electron chi connectivity index (χ3n) is 7.90. The Morgan fingerprint density at radius 2 is 1.88 bits per heavy atom. The Balaban J connectivity index is 1.22. The molecule has 4 heteroatoms. The Kier molecular flexibility index (Phi) is 5.98. The van der Waals surface area contributed by atoms with Gasteiger partial charge in [-0.3, -0.25) is 9.78 Å². The van der Waals surface area contributed by atoms with Gasteiger partial charge in [0, 0.05) is 30.1 Å². The molecule has 3 aromatic rings. The first-order valence-corrected chi connectivity index (χ1v) is 12.0. The standard InChI is InChI=1S/C29H29FN2O/c1-3-4-25-7-5-19(17-32-25)11-29(33)18(2)20-12-21-14-23(15-22(21)13-20)26-9-10-31-28-8-6-24(30)16-27(26)28/h5-10,16-18,20-23H,11-15H2,1-2H3/t18?,20?,21-,22+,23?. The molecule has 3 unspecified atom stereocenters. The summed E-state index contributed by atoms with van der Waals surface area (Å²) in [5.41, 5.74) is 3.80. The number of hydrogen-bond acceptors (Lipinski definition) is 3. The van der Waals surface area contributed by atoms with Crippen molar-refractivity contribution >= 4 is 16.7 Å². The quantitative estimate of drug-likeness (QED) is 0.450. The Bertz CT molecular complexity index is 1230. The summed E-state index contributed by atoms with van der Waals surface area (Å²) in [6.45, 7) is 3.90. The van der Waals surface area contributed by atoms with Crippen molar-refractivity contribution in [2.24, 2.45) is 23.7 Å². The lowest BCUT2D eigenvalue weighted by atomic mass is 9.83. The molecule has 33 heavy (non-hydrogen) atoms. The van der Waals surface area contributed by atoms with Crippen molar-refractivity contribution < 1.29 is 9.18 Å². The average Bonchev–Trinajstić information content (AvgIpc) is 3.39. The predicted octanol–water partition coefficient (Wildman–Crippen LogP) is 6.11. The van der Waals surface area contributed by atoms with Gasteiger partial charge in [-0.2, -0.15) is 0 Å². The molecule has 0 saturated heterocycles. The van der Waals surface area contributed by atoms with E-state index < -0.39 is 0 Å². The van der Waals surface area contributed by atoms with Crippen LogP contribution in [-0.2, 0) is 11.2 Å². The van der Waals surface area contributed by atoms with E-state index in [0.29, 0.717) is 35.9 Å². The Hall–Kier alpha value is -3.06. The maximum atomic E-state index is 13.9. The second-order valence-corrected chi connectivity index (χ2v) is 9.84. The lowest BCUT2D eigenvalue weighted by Crippen LogP contribution is -2.21. The fourth-order valence-electron chi connectivity index (χ4n) is 6.18. The molecule has 0 radical (unpaired) electrons. The highest BCUT2D eigenvalue weighted by atomic mass is 19.1. The zero-order valence-electron chi connectivity index (χ0n) is 19.2. The molecule has 2 aliphatic carbocycles. The van der Waals surface area contributed by atoms with Crippen molar-refractivity contribution in [2.45, 2.75) is 51.9 Å². The van der Waals surface area contributed by atoms with Crippen LogP contribution in [-0.4, -0.2) is 15.8 Å². The van der Waals surface area contributed by atoms with Gasteiger partial charge >= 0.3 is 0 Å². The Morgan fingerprint density at radius 1 is 1.09 bits per heavy atom. The smallest absolute Gasteiger partial charge is 0.140 e. The summed E-state index contributed by atoms with van der Waals surface area (Å²) < 4.78 is 13.9. The number of Topliss-reactive ketones (excluding diaryl/α,β-unsaturated/α-hetero) is 1. The second kappa shape index (κ2) is 9.06. The van der Waals surface area contributed by atoms with E-state index in [0.717, 1.165) is 47.8 Å². The largest absolute Gasteiger partial charge is 0.299 e. The topological polar surface area (TPSA) is 42.9 Å². The number of ketones is 1. The Morgan fingerprint density at radius 3 is 2.58 bits per heavy atom. The van der Waals surface area contributed by atoms with Crippen LogP contribution in [0.5, 0.6) is 0 Å². The molecule has 3 nitrogen and oxygen atoms in total. The van der Waals surface area contributed by atoms with Crippen LogP contribution in [0.3, 0.4) is 0 Å². The van der Waals surface area contributed by atoms with Gasteiger partial charge in [0.2, 0.25) is 0 Å². The van der Waals surface area contributed by atoms with E-state index in [1.807, 2.05) is 18.3 Å². The number of fused-ring (bicyclic) bond motifs is 2. The molecule has 5 rings (SSSR count). The van der Waals surface area contributed by atoms with Crippen LogP contribution in [0.2, 0.25) is 0 Å². The predicted molar refractivity (Wildman–Crippen MR) is 128 cm³/mol. The minimum atomic E-state index is -0.203. The van der Waals surface area contributed by atoms with E-state index in [1.54, 1.807) is 25.3 Å². The number of halogens is 1. The summed E-state index contributed by atoms with van der Waals surface area (Å²) in [6.07, 6.45) is 8.56. The molecule has 2 fully saturated rings. The summed E-state index contributed by atoms with van der Waals surface area (Å²) >= 11 is 0. The van der Waals surface area contributed by atoms with Crippen LogP contribution in [0, 0.1) is 41.3 Å². The first kappa shape index (κ1) is 21.8. The summed E-state index contributed by atoms with van der Waals surface area (Å²) in [7, 11) is 0. The molecule has 0 bridgehead atoms. The monoisotopic (exact) mass is 440 g/mol. The van der Waals surface area contributed by atoms with E-state index in [1.165, 1.54) is 11.6 Å². The fraction of sp³-hybridized carbons (Fsp3) is 0.414. The second-order valence-electron chi connectivity index (χ2n) is 9.84.